The summed E-state index contributed by atoms with van der Waals surface area (Å²) >= 11 is 0. The predicted molar refractivity (Wildman–Crippen MR) is 95.7 cm³/mol. The Morgan fingerprint density at radius 1 is 1.19 bits per heavy atom. The van der Waals surface area contributed by atoms with Gasteiger partial charge in [-0.15, -0.1) is 0 Å². The third-order valence-corrected chi connectivity index (χ3v) is 4.73. The minimum absolute atomic E-state index is 0.0475. The second-order valence-electron chi connectivity index (χ2n) is 6.62. The van der Waals surface area contributed by atoms with Crippen molar-refractivity contribution in [2.24, 2.45) is 0 Å². The molecule has 8 heteroatoms. The lowest BCUT2D eigenvalue weighted by Gasteiger charge is -2.24. The first kappa shape index (κ1) is 17.4. The number of aromatic nitrogens is 2. The number of benzene rings is 1. The van der Waals surface area contributed by atoms with E-state index < -0.39 is 24.6 Å². The fraction of sp³-hybridized carbons (Fsp3) is 0.421. The fourth-order valence-electron chi connectivity index (χ4n) is 3.40. The molecule has 0 spiro atoms. The molecule has 142 valence electrons. The van der Waals surface area contributed by atoms with Crippen LogP contribution in [0.1, 0.15) is 31.7 Å². The van der Waals surface area contributed by atoms with Crippen LogP contribution in [0.15, 0.2) is 36.5 Å². The van der Waals surface area contributed by atoms with Gasteiger partial charge in [0, 0.05) is 6.07 Å². The van der Waals surface area contributed by atoms with Crippen LogP contribution in [0.4, 0.5) is 5.82 Å². The summed E-state index contributed by atoms with van der Waals surface area (Å²) in [7, 11) is 0. The van der Waals surface area contributed by atoms with E-state index in [9.17, 15) is 9.59 Å². The summed E-state index contributed by atoms with van der Waals surface area (Å²) in [4.78, 5) is 24.3. The zero-order valence-corrected chi connectivity index (χ0v) is 14.8. The van der Waals surface area contributed by atoms with Gasteiger partial charge >= 0.3 is 5.97 Å². The SMILES string of the molecule is O=C(COC(=O)[C@H]1COc2ccccc2O1)Nc1ccnn1C1CCCC1. The van der Waals surface area contributed by atoms with Gasteiger partial charge in [-0.1, -0.05) is 25.0 Å². The van der Waals surface area contributed by atoms with Gasteiger partial charge in [0.15, 0.2) is 18.1 Å². The van der Waals surface area contributed by atoms with Crippen molar-refractivity contribution in [3.63, 3.8) is 0 Å². The molecule has 1 aromatic heterocycles. The van der Waals surface area contributed by atoms with Crippen molar-refractivity contribution in [1.82, 2.24) is 9.78 Å². The van der Waals surface area contributed by atoms with Gasteiger partial charge in [0.25, 0.3) is 5.91 Å². The van der Waals surface area contributed by atoms with E-state index in [4.69, 9.17) is 14.2 Å². The van der Waals surface area contributed by atoms with Gasteiger partial charge in [0.05, 0.1) is 12.2 Å². The second kappa shape index (κ2) is 7.69. The van der Waals surface area contributed by atoms with Crippen LogP contribution in [0, 0.1) is 0 Å². The largest absolute Gasteiger partial charge is 0.485 e. The number of amides is 1. The Kier molecular flexibility index (Phi) is 4.95. The third-order valence-electron chi connectivity index (χ3n) is 4.73. The van der Waals surface area contributed by atoms with E-state index in [1.807, 2.05) is 10.7 Å². The molecule has 1 amide bonds. The Labute approximate surface area is 156 Å². The minimum Gasteiger partial charge on any atom is -0.485 e. The van der Waals surface area contributed by atoms with E-state index >= 15 is 0 Å². The summed E-state index contributed by atoms with van der Waals surface area (Å²) in [6, 6.07) is 9.14. The van der Waals surface area contributed by atoms with Crippen molar-refractivity contribution >= 4 is 17.7 Å². The molecule has 1 aliphatic heterocycles. The van der Waals surface area contributed by atoms with Gasteiger partial charge in [-0.05, 0) is 25.0 Å². The molecule has 0 unspecified atom stereocenters. The number of nitrogens with zero attached hydrogens (tertiary/aromatic N) is 2. The topological polar surface area (TPSA) is 91.7 Å². The van der Waals surface area contributed by atoms with Crippen molar-refractivity contribution in [1.29, 1.82) is 0 Å². The van der Waals surface area contributed by atoms with Gasteiger partial charge < -0.3 is 19.5 Å². The average Bonchev–Trinajstić information content (AvgIpc) is 3.37. The van der Waals surface area contributed by atoms with E-state index in [0.29, 0.717) is 23.4 Å². The van der Waals surface area contributed by atoms with E-state index in [1.54, 1.807) is 30.5 Å². The number of nitrogens with one attached hydrogen (secondary N) is 1. The summed E-state index contributed by atoms with van der Waals surface area (Å²) in [5.74, 6) is 0.633. The van der Waals surface area contributed by atoms with E-state index in [-0.39, 0.29) is 6.61 Å². The maximum absolute atomic E-state index is 12.2. The van der Waals surface area contributed by atoms with Gasteiger partial charge in [0.2, 0.25) is 6.10 Å². The Balaban J connectivity index is 1.29. The van der Waals surface area contributed by atoms with Gasteiger partial charge in [-0.25, -0.2) is 9.48 Å². The molecule has 1 N–H and O–H groups in total. The summed E-state index contributed by atoms with van der Waals surface area (Å²) in [6.45, 7) is -0.345. The lowest BCUT2D eigenvalue weighted by molar-refractivity contribution is -0.156. The summed E-state index contributed by atoms with van der Waals surface area (Å²) in [6.07, 6.45) is 5.21. The van der Waals surface area contributed by atoms with Crippen LogP contribution in [0.2, 0.25) is 0 Å². The quantitative estimate of drug-likeness (QED) is 0.811. The first-order valence-electron chi connectivity index (χ1n) is 9.09. The molecule has 1 saturated carbocycles. The number of anilines is 1. The highest BCUT2D eigenvalue weighted by Crippen LogP contribution is 2.32. The Hall–Kier alpha value is -3.03. The molecule has 1 fully saturated rings. The molecule has 0 saturated heterocycles. The highest BCUT2D eigenvalue weighted by atomic mass is 16.6. The van der Waals surface area contributed by atoms with Crippen molar-refractivity contribution in [3.05, 3.63) is 36.5 Å². The van der Waals surface area contributed by atoms with Crippen molar-refractivity contribution in [2.45, 2.75) is 37.8 Å². The average molecular weight is 371 g/mol. The monoisotopic (exact) mass is 371 g/mol. The zero-order chi connectivity index (χ0) is 18.6. The molecule has 0 radical (unpaired) electrons. The summed E-state index contributed by atoms with van der Waals surface area (Å²) in [5, 5.41) is 7.05. The van der Waals surface area contributed by atoms with Crippen LogP contribution >= 0.6 is 0 Å². The fourth-order valence-corrected chi connectivity index (χ4v) is 3.40. The van der Waals surface area contributed by atoms with Crippen LogP contribution in [-0.4, -0.2) is 41.0 Å². The standard InChI is InChI=1S/C19H21N3O5/c23-18(21-17-9-10-20-22(17)13-5-1-2-6-13)12-26-19(24)16-11-25-14-7-3-4-8-15(14)27-16/h3-4,7-10,13,16H,1-2,5-6,11-12H2,(H,21,23)/t16-/m1/s1. The number of rotatable bonds is 5. The Morgan fingerprint density at radius 3 is 2.78 bits per heavy atom. The molecule has 0 bridgehead atoms. The lowest BCUT2D eigenvalue weighted by atomic mass is 10.2. The zero-order valence-electron chi connectivity index (χ0n) is 14.8. The number of carbonyl (C=O) groups excluding carboxylic acids is 2. The number of para-hydroxylation sites is 2. The lowest BCUT2D eigenvalue weighted by Crippen LogP contribution is -2.39. The number of esters is 1. The molecule has 1 aliphatic carbocycles. The van der Waals surface area contributed by atoms with Gasteiger partial charge in [-0.2, -0.15) is 5.10 Å². The predicted octanol–water partition coefficient (Wildman–Crippen LogP) is 2.32. The van der Waals surface area contributed by atoms with Gasteiger partial charge in [0.1, 0.15) is 12.4 Å². The summed E-state index contributed by atoms with van der Waals surface area (Å²) < 4.78 is 18.0. The third kappa shape index (κ3) is 3.89. The Bertz CT molecular complexity index is 828. The van der Waals surface area contributed by atoms with Crippen LogP contribution in [0.25, 0.3) is 0 Å². The number of ether oxygens (including phenoxy) is 3. The molecule has 1 aromatic carbocycles. The Morgan fingerprint density at radius 2 is 1.96 bits per heavy atom. The molecular weight excluding hydrogens is 350 g/mol. The first-order valence-corrected chi connectivity index (χ1v) is 9.09. The van der Waals surface area contributed by atoms with E-state index in [0.717, 1.165) is 12.8 Å². The number of hydrogen-bond donors (Lipinski definition) is 1. The molecule has 8 nitrogen and oxygen atoms in total. The molecule has 2 aromatic rings. The van der Waals surface area contributed by atoms with Crippen LogP contribution < -0.4 is 14.8 Å². The van der Waals surface area contributed by atoms with Crippen LogP contribution in [0.5, 0.6) is 11.5 Å². The van der Waals surface area contributed by atoms with Crippen LogP contribution in [0.3, 0.4) is 0 Å². The highest BCUT2D eigenvalue weighted by molar-refractivity contribution is 5.92. The number of fused-ring (bicyclic) bond motifs is 1. The van der Waals surface area contributed by atoms with E-state index in [1.165, 1.54) is 12.8 Å². The molecule has 2 aliphatic rings. The maximum atomic E-state index is 12.2. The smallest absolute Gasteiger partial charge is 0.351 e. The minimum atomic E-state index is -0.892. The molecule has 2 heterocycles. The highest BCUT2D eigenvalue weighted by Gasteiger charge is 2.29. The molecule has 4 rings (SSSR count). The first-order chi connectivity index (χ1) is 13.2. The normalized spacial score (nSPS) is 18.9. The second-order valence-corrected chi connectivity index (χ2v) is 6.62. The number of hydrogen-bond acceptors (Lipinski definition) is 6. The van der Waals surface area contributed by atoms with Crippen molar-refractivity contribution in [2.75, 3.05) is 18.5 Å². The molecule has 27 heavy (non-hydrogen) atoms. The van der Waals surface area contributed by atoms with Crippen molar-refractivity contribution in [3.8, 4) is 11.5 Å². The maximum Gasteiger partial charge on any atom is 0.351 e. The van der Waals surface area contributed by atoms with E-state index in [2.05, 4.69) is 10.4 Å². The summed E-state index contributed by atoms with van der Waals surface area (Å²) in [5.41, 5.74) is 0. The van der Waals surface area contributed by atoms with Gasteiger partial charge in [-0.3, -0.25) is 4.79 Å². The van der Waals surface area contributed by atoms with Crippen LogP contribution in [-0.2, 0) is 14.3 Å². The molecular formula is C19H21N3O5. The number of carbonyl (C=O) groups is 2. The molecule has 1 atom stereocenters. The van der Waals surface area contributed by atoms with Crippen molar-refractivity contribution < 1.29 is 23.8 Å².